The van der Waals surface area contributed by atoms with E-state index in [0.717, 1.165) is 6.08 Å². The molecule has 0 spiro atoms. The Morgan fingerprint density at radius 1 is 1.07 bits per heavy atom. The molecule has 0 aliphatic heterocycles. The highest BCUT2D eigenvalue weighted by molar-refractivity contribution is 5.91. The van der Waals surface area contributed by atoms with Gasteiger partial charge >= 0.3 is 11.9 Å². The Morgan fingerprint density at radius 3 is 2.39 bits per heavy atom. The lowest BCUT2D eigenvalue weighted by Gasteiger charge is -2.10. The van der Waals surface area contributed by atoms with Crippen LogP contribution in [-0.4, -0.2) is 19.0 Å². The number of ether oxygens (including phenoxy) is 3. The van der Waals surface area contributed by atoms with E-state index in [-0.39, 0.29) is 28.0 Å². The van der Waals surface area contributed by atoms with Gasteiger partial charge in [0.15, 0.2) is 0 Å². The molecule has 7 heteroatoms. The van der Waals surface area contributed by atoms with Crippen LogP contribution < -0.4 is 19.6 Å². The summed E-state index contributed by atoms with van der Waals surface area (Å²) in [5.41, 5.74) is 0.587. The van der Waals surface area contributed by atoms with Crippen molar-refractivity contribution in [3.8, 4) is 28.4 Å². The lowest BCUT2D eigenvalue weighted by molar-refractivity contribution is -0.131. The van der Waals surface area contributed by atoms with E-state index in [9.17, 15) is 14.4 Å². The van der Waals surface area contributed by atoms with Crippen LogP contribution in [0.25, 0.3) is 22.1 Å². The molecule has 0 bridgehead atoms. The number of methoxy groups -OCH3 is 1. The Morgan fingerprint density at radius 2 is 1.79 bits per heavy atom. The Bertz CT molecular complexity index is 1120. The minimum Gasteiger partial charge on any atom is -0.497 e. The summed E-state index contributed by atoms with van der Waals surface area (Å²) in [5.74, 6) is -0.716. The fraction of sp³-hybridized carbons (Fsp3) is 0.0952. The predicted molar refractivity (Wildman–Crippen MR) is 102 cm³/mol. The van der Waals surface area contributed by atoms with Gasteiger partial charge in [-0.1, -0.05) is 18.7 Å². The van der Waals surface area contributed by atoms with Gasteiger partial charge in [0.1, 0.15) is 34.5 Å². The predicted octanol–water partition coefficient (Wildman–Crippen LogP) is 3.49. The van der Waals surface area contributed by atoms with Gasteiger partial charge in [0.25, 0.3) is 0 Å². The highest BCUT2D eigenvalue weighted by Crippen LogP contribution is 2.32. The molecule has 28 heavy (non-hydrogen) atoms. The third kappa shape index (κ3) is 3.78. The molecule has 0 N–H and O–H groups in total. The van der Waals surface area contributed by atoms with Crippen molar-refractivity contribution in [3.05, 3.63) is 65.5 Å². The fourth-order valence-corrected chi connectivity index (χ4v) is 2.61. The summed E-state index contributed by atoms with van der Waals surface area (Å²) in [6.45, 7) is 4.52. The van der Waals surface area contributed by atoms with Crippen molar-refractivity contribution in [2.45, 2.75) is 6.92 Å². The second-order valence-corrected chi connectivity index (χ2v) is 5.72. The summed E-state index contributed by atoms with van der Waals surface area (Å²) in [4.78, 5) is 36.0. The first kappa shape index (κ1) is 18.9. The van der Waals surface area contributed by atoms with Crippen molar-refractivity contribution >= 4 is 22.9 Å². The van der Waals surface area contributed by atoms with Gasteiger partial charge in [-0.15, -0.1) is 0 Å². The average molecular weight is 380 g/mol. The molecule has 0 fully saturated rings. The van der Waals surface area contributed by atoms with Gasteiger partial charge in [0.05, 0.1) is 12.7 Å². The third-order valence-corrected chi connectivity index (χ3v) is 3.85. The molecule has 0 unspecified atom stereocenters. The molecule has 3 rings (SSSR count). The number of fused-ring (bicyclic) bond motifs is 1. The van der Waals surface area contributed by atoms with Crippen LogP contribution in [0.5, 0.6) is 17.2 Å². The van der Waals surface area contributed by atoms with Gasteiger partial charge in [0.2, 0.25) is 5.43 Å². The first-order valence-corrected chi connectivity index (χ1v) is 8.19. The molecule has 3 aromatic rings. The molecule has 0 atom stereocenters. The van der Waals surface area contributed by atoms with Gasteiger partial charge < -0.3 is 18.6 Å². The SMILES string of the molecule is C=CC(=O)Oc1cc(OC(C)=O)c2c(=O)c(-c3ccc(OC)cc3)coc2c1. The Balaban J connectivity index is 2.20. The maximum Gasteiger partial charge on any atom is 0.335 e. The highest BCUT2D eigenvalue weighted by Gasteiger charge is 2.18. The van der Waals surface area contributed by atoms with Crippen molar-refractivity contribution in [2.24, 2.45) is 0 Å². The lowest BCUT2D eigenvalue weighted by Crippen LogP contribution is -2.11. The van der Waals surface area contributed by atoms with Gasteiger partial charge in [-0.25, -0.2) is 4.79 Å². The maximum atomic E-state index is 13.1. The van der Waals surface area contributed by atoms with Crippen molar-refractivity contribution in [1.82, 2.24) is 0 Å². The van der Waals surface area contributed by atoms with Crippen molar-refractivity contribution in [1.29, 1.82) is 0 Å². The number of carbonyl (C=O) groups is 2. The number of carbonyl (C=O) groups excluding carboxylic acids is 2. The lowest BCUT2D eigenvalue weighted by atomic mass is 10.0. The number of hydrogen-bond donors (Lipinski definition) is 0. The standard InChI is InChI=1S/C21H16O7/c1-4-19(23)28-15-9-17-20(18(10-15)27-12(2)22)21(24)16(11-26-17)13-5-7-14(25-3)8-6-13/h4-11H,1H2,2-3H3. The van der Waals surface area contributed by atoms with Crippen molar-refractivity contribution in [2.75, 3.05) is 7.11 Å². The Labute approximate surface area is 159 Å². The summed E-state index contributed by atoms with van der Waals surface area (Å²) in [6, 6.07) is 9.49. The van der Waals surface area contributed by atoms with E-state index in [2.05, 4.69) is 6.58 Å². The zero-order chi connectivity index (χ0) is 20.3. The molecule has 7 nitrogen and oxygen atoms in total. The molecule has 2 aromatic carbocycles. The fourth-order valence-electron chi connectivity index (χ4n) is 2.61. The molecular weight excluding hydrogens is 364 g/mol. The van der Waals surface area contributed by atoms with Gasteiger partial charge in [0, 0.05) is 25.1 Å². The summed E-state index contributed by atoms with van der Waals surface area (Å²) >= 11 is 0. The molecule has 0 saturated carbocycles. The molecule has 0 aliphatic rings. The number of esters is 2. The third-order valence-electron chi connectivity index (χ3n) is 3.85. The second-order valence-electron chi connectivity index (χ2n) is 5.72. The Hall–Kier alpha value is -3.87. The van der Waals surface area contributed by atoms with E-state index in [0.29, 0.717) is 11.3 Å². The molecule has 142 valence electrons. The van der Waals surface area contributed by atoms with Crippen LogP contribution in [-0.2, 0) is 9.59 Å². The van der Waals surface area contributed by atoms with Crippen molar-refractivity contribution < 1.29 is 28.2 Å². The molecule has 0 amide bonds. The number of hydrogen-bond acceptors (Lipinski definition) is 7. The summed E-state index contributed by atoms with van der Waals surface area (Å²) in [7, 11) is 1.54. The zero-order valence-electron chi connectivity index (χ0n) is 15.2. The maximum absolute atomic E-state index is 13.1. The molecule has 1 aromatic heterocycles. The van der Waals surface area contributed by atoms with Crippen LogP contribution >= 0.6 is 0 Å². The average Bonchev–Trinajstić information content (AvgIpc) is 2.67. The second kappa shape index (κ2) is 7.79. The van der Waals surface area contributed by atoms with E-state index in [4.69, 9.17) is 18.6 Å². The topological polar surface area (TPSA) is 92.0 Å². The van der Waals surface area contributed by atoms with Gasteiger partial charge in [-0.2, -0.15) is 0 Å². The van der Waals surface area contributed by atoms with E-state index in [1.54, 1.807) is 31.4 Å². The summed E-state index contributed by atoms with van der Waals surface area (Å²) < 4.78 is 20.9. The van der Waals surface area contributed by atoms with E-state index in [1.807, 2.05) is 0 Å². The first-order chi connectivity index (χ1) is 13.4. The normalized spacial score (nSPS) is 10.4. The zero-order valence-corrected chi connectivity index (χ0v) is 15.2. The minimum atomic E-state index is -0.703. The number of rotatable bonds is 5. The largest absolute Gasteiger partial charge is 0.497 e. The van der Waals surface area contributed by atoms with E-state index >= 15 is 0 Å². The molecule has 0 saturated heterocycles. The van der Waals surface area contributed by atoms with E-state index in [1.165, 1.54) is 25.3 Å². The molecule has 0 radical (unpaired) electrons. The molecule has 0 aliphatic carbocycles. The van der Waals surface area contributed by atoms with Gasteiger partial charge in [-0.05, 0) is 17.7 Å². The van der Waals surface area contributed by atoms with Crippen molar-refractivity contribution in [3.63, 3.8) is 0 Å². The smallest absolute Gasteiger partial charge is 0.335 e. The Kier molecular flexibility index (Phi) is 5.26. The monoisotopic (exact) mass is 380 g/mol. The summed E-state index contributed by atoms with van der Waals surface area (Å²) in [6.07, 6.45) is 2.28. The summed E-state index contributed by atoms with van der Waals surface area (Å²) in [5, 5.41) is 0.0573. The first-order valence-electron chi connectivity index (χ1n) is 8.19. The molecular formula is C21H16O7. The van der Waals surface area contributed by atoms with Crippen LogP contribution in [0.1, 0.15) is 6.92 Å². The quantitative estimate of drug-likeness (QED) is 0.380. The van der Waals surface area contributed by atoms with Crippen LogP contribution in [0.15, 0.2) is 64.5 Å². The highest BCUT2D eigenvalue weighted by atomic mass is 16.5. The van der Waals surface area contributed by atoms with Crippen LogP contribution in [0.3, 0.4) is 0 Å². The van der Waals surface area contributed by atoms with Crippen LogP contribution in [0, 0.1) is 0 Å². The van der Waals surface area contributed by atoms with Crippen LogP contribution in [0.4, 0.5) is 0 Å². The van der Waals surface area contributed by atoms with Crippen LogP contribution in [0.2, 0.25) is 0 Å². The minimum absolute atomic E-state index is 0.0500. The molecule has 1 heterocycles. The number of benzene rings is 2. The van der Waals surface area contributed by atoms with Gasteiger partial charge in [-0.3, -0.25) is 9.59 Å². The van der Waals surface area contributed by atoms with E-state index < -0.39 is 17.4 Å².